The highest BCUT2D eigenvalue weighted by Crippen LogP contribution is 2.27. The summed E-state index contributed by atoms with van der Waals surface area (Å²) >= 11 is 0. The number of H-pyrrole nitrogens is 1. The molecule has 2 fully saturated rings. The summed E-state index contributed by atoms with van der Waals surface area (Å²) < 4.78 is 0. The number of amides is 2. The van der Waals surface area contributed by atoms with E-state index in [1.807, 2.05) is 42.2 Å². The lowest BCUT2D eigenvalue weighted by molar-refractivity contribution is -0.127. The fraction of sp³-hybridized carbons (Fsp3) is 0.545. The average Bonchev–Trinajstić information content (AvgIpc) is 3.36. The van der Waals surface area contributed by atoms with Gasteiger partial charge in [-0.1, -0.05) is 38.0 Å². The second kappa shape index (κ2) is 7.75. The van der Waals surface area contributed by atoms with Gasteiger partial charge in [0.25, 0.3) is 5.91 Å². The van der Waals surface area contributed by atoms with Crippen molar-refractivity contribution in [2.45, 2.75) is 51.5 Å². The van der Waals surface area contributed by atoms with Crippen molar-refractivity contribution < 1.29 is 9.59 Å². The molecular weight excluding hydrogens is 338 g/mol. The Kier molecular flexibility index (Phi) is 5.19. The van der Waals surface area contributed by atoms with Crippen LogP contribution < -0.4 is 5.32 Å². The summed E-state index contributed by atoms with van der Waals surface area (Å²) in [7, 11) is 0. The quantitative estimate of drug-likeness (QED) is 0.865. The molecule has 4 rings (SSSR count). The fourth-order valence-electron chi connectivity index (χ4n) is 4.58. The number of rotatable bonds is 4. The third-order valence-electron chi connectivity index (χ3n) is 6.41. The molecule has 2 N–H and O–H groups in total. The highest BCUT2D eigenvalue weighted by atomic mass is 16.2. The van der Waals surface area contributed by atoms with E-state index in [1.54, 1.807) is 0 Å². The number of hydrogen-bond acceptors (Lipinski definition) is 2. The summed E-state index contributed by atoms with van der Waals surface area (Å²) in [5, 5.41) is 4.29. The molecule has 2 aliphatic rings. The summed E-state index contributed by atoms with van der Waals surface area (Å²) in [6.45, 7) is 3.49. The first-order valence-corrected chi connectivity index (χ1v) is 10.3. The number of likely N-dealkylation sites (tertiary alicyclic amines) is 1. The number of fused-ring (bicyclic) bond motifs is 1. The van der Waals surface area contributed by atoms with Crippen molar-refractivity contribution in [3.05, 3.63) is 36.0 Å². The van der Waals surface area contributed by atoms with E-state index in [2.05, 4.69) is 10.3 Å². The lowest BCUT2D eigenvalue weighted by atomic mass is 9.84. The molecule has 2 heterocycles. The average molecular weight is 367 g/mol. The van der Waals surface area contributed by atoms with Gasteiger partial charge in [-0.25, -0.2) is 0 Å². The van der Waals surface area contributed by atoms with Gasteiger partial charge in [0, 0.05) is 36.0 Å². The van der Waals surface area contributed by atoms with Crippen molar-refractivity contribution in [2.24, 2.45) is 11.8 Å². The first kappa shape index (κ1) is 18.1. The molecule has 1 unspecified atom stereocenters. The molecule has 2 aromatic rings. The van der Waals surface area contributed by atoms with Crippen molar-refractivity contribution in [1.29, 1.82) is 0 Å². The summed E-state index contributed by atoms with van der Waals surface area (Å²) in [4.78, 5) is 30.5. The number of piperidine rings is 1. The first-order chi connectivity index (χ1) is 13.1. The predicted octanol–water partition coefficient (Wildman–Crippen LogP) is 3.72. The van der Waals surface area contributed by atoms with E-state index < -0.39 is 0 Å². The summed E-state index contributed by atoms with van der Waals surface area (Å²) in [6, 6.07) is 10.3. The molecule has 5 nitrogen and oxygen atoms in total. The molecular formula is C22H29N3O2. The van der Waals surface area contributed by atoms with Gasteiger partial charge in [-0.15, -0.1) is 0 Å². The summed E-state index contributed by atoms with van der Waals surface area (Å²) in [5.74, 6) is 0.643. The van der Waals surface area contributed by atoms with E-state index >= 15 is 0 Å². The Morgan fingerprint density at radius 3 is 2.52 bits per heavy atom. The summed E-state index contributed by atoms with van der Waals surface area (Å²) in [5.41, 5.74) is 1.65. The lowest BCUT2D eigenvalue weighted by Crippen LogP contribution is -2.44. The third-order valence-corrected chi connectivity index (χ3v) is 6.41. The molecule has 27 heavy (non-hydrogen) atoms. The molecule has 5 heteroatoms. The van der Waals surface area contributed by atoms with E-state index in [-0.39, 0.29) is 17.7 Å². The maximum absolute atomic E-state index is 12.8. The fourth-order valence-corrected chi connectivity index (χ4v) is 4.58. The zero-order valence-electron chi connectivity index (χ0n) is 16.0. The van der Waals surface area contributed by atoms with E-state index in [0.717, 1.165) is 49.7 Å². The zero-order chi connectivity index (χ0) is 18.8. The Hall–Kier alpha value is -2.30. The Bertz CT molecular complexity index is 781. The van der Waals surface area contributed by atoms with Gasteiger partial charge in [-0.05, 0) is 43.7 Å². The first-order valence-electron chi connectivity index (χ1n) is 10.3. The number of aromatic nitrogens is 1. The maximum atomic E-state index is 12.8. The summed E-state index contributed by atoms with van der Waals surface area (Å²) in [6.07, 6.45) is 6.49. The molecule has 1 atom stereocenters. The molecule has 2 amide bonds. The number of benzene rings is 1. The normalized spacial score (nSPS) is 20.1. The topological polar surface area (TPSA) is 65.2 Å². The minimum atomic E-state index is 0.0240. The minimum Gasteiger partial charge on any atom is -0.353 e. The molecule has 1 aliphatic carbocycles. The van der Waals surface area contributed by atoms with Gasteiger partial charge in [0.2, 0.25) is 5.91 Å². The van der Waals surface area contributed by atoms with Crippen molar-refractivity contribution in [2.75, 3.05) is 13.1 Å². The number of carbonyl (C=O) groups excluding carboxylic acids is 2. The molecule has 1 aliphatic heterocycles. The van der Waals surface area contributed by atoms with Gasteiger partial charge in [-0.3, -0.25) is 9.59 Å². The highest BCUT2D eigenvalue weighted by molar-refractivity contribution is 5.98. The van der Waals surface area contributed by atoms with Crippen LogP contribution in [0.2, 0.25) is 0 Å². The Labute approximate surface area is 160 Å². The molecule has 0 bridgehead atoms. The van der Waals surface area contributed by atoms with Crippen LogP contribution in [0.5, 0.6) is 0 Å². The predicted molar refractivity (Wildman–Crippen MR) is 106 cm³/mol. The monoisotopic (exact) mass is 367 g/mol. The smallest absolute Gasteiger partial charge is 0.270 e. The molecule has 144 valence electrons. The van der Waals surface area contributed by atoms with Crippen LogP contribution in [0.4, 0.5) is 0 Å². The number of nitrogens with zero attached hydrogens (tertiary/aromatic N) is 1. The zero-order valence-corrected chi connectivity index (χ0v) is 16.0. The van der Waals surface area contributed by atoms with Gasteiger partial charge in [0.05, 0.1) is 0 Å². The molecule has 0 spiro atoms. The van der Waals surface area contributed by atoms with Crippen molar-refractivity contribution >= 4 is 22.7 Å². The maximum Gasteiger partial charge on any atom is 0.270 e. The van der Waals surface area contributed by atoms with Crippen LogP contribution in [0.3, 0.4) is 0 Å². The van der Waals surface area contributed by atoms with Gasteiger partial charge < -0.3 is 15.2 Å². The third kappa shape index (κ3) is 3.87. The van der Waals surface area contributed by atoms with E-state index in [1.165, 1.54) is 12.8 Å². The van der Waals surface area contributed by atoms with Gasteiger partial charge in [-0.2, -0.15) is 0 Å². The Morgan fingerprint density at radius 1 is 1.11 bits per heavy atom. The molecule has 1 saturated heterocycles. The van der Waals surface area contributed by atoms with Crippen molar-refractivity contribution in [3.8, 4) is 0 Å². The van der Waals surface area contributed by atoms with Gasteiger partial charge >= 0.3 is 0 Å². The van der Waals surface area contributed by atoms with Gasteiger partial charge in [0.1, 0.15) is 5.69 Å². The van der Waals surface area contributed by atoms with Crippen LogP contribution in [0.25, 0.3) is 10.9 Å². The second-order valence-corrected chi connectivity index (χ2v) is 8.18. The number of para-hydroxylation sites is 1. The second-order valence-electron chi connectivity index (χ2n) is 8.18. The van der Waals surface area contributed by atoms with E-state index in [9.17, 15) is 9.59 Å². The number of hydrogen-bond donors (Lipinski definition) is 2. The molecule has 1 aromatic carbocycles. The molecule has 1 aromatic heterocycles. The van der Waals surface area contributed by atoms with Gasteiger partial charge in [0.15, 0.2) is 0 Å². The van der Waals surface area contributed by atoms with Crippen molar-refractivity contribution in [3.63, 3.8) is 0 Å². The highest BCUT2D eigenvalue weighted by Gasteiger charge is 2.31. The van der Waals surface area contributed by atoms with Crippen LogP contribution in [0.15, 0.2) is 30.3 Å². The lowest BCUT2D eigenvalue weighted by Gasteiger charge is -2.34. The van der Waals surface area contributed by atoms with Crippen molar-refractivity contribution in [1.82, 2.24) is 15.2 Å². The van der Waals surface area contributed by atoms with E-state index in [4.69, 9.17) is 0 Å². The minimum absolute atomic E-state index is 0.0240. The van der Waals surface area contributed by atoms with Crippen LogP contribution in [0, 0.1) is 11.8 Å². The standard InChI is InChI=1S/C22H29N3O2/c1-15(21(26)23-18-7-3-4-8-18)16-10-12-25(13-11-16)22(27)20-14-17-6-2-5-9-19(17)24-20/h2,5-6,9,14-16,18,24H,3-4,7-8,10-13H2,1H3,(H,23,26). The van der Waals surface area contributed by atoms with E-state index in [0.29, 0.717) is 17.7 Å². The molecule has 1 saturated carbocycles. The Balaban J connectivity index is 1.32. The van der Waals surface area contributed by atoms with Crippen LogP contribution in [-0.4, -0.2) is 40.8 Å². The molecule has 0 radical (unpaired) electrons. The van der Waals surface area contributed by atoms with Crippen LogP contribution in [0.1, 0.15) is 55.9 Å². The number of carbonyl (C=O) groups is 2. The SMILES string of the molecule is CC(C(=O)NC1CCCC1)C1CCN(C(=O)c2cc3ccccc3[nH]2)CC1. The Morgan fingerprint density at radius 2 is 1.81 bits per heavy atom. The number of nitrogens with one attached hydrogen (secondary N) is 2. The largest absolute Gasteiger partial charge is 0.353 e. The number of aromatic amines is 1. The van der Waals surface area contributed by atoms with Crippen LogP contribution >= 0.6 is 0 Å². The van der Waals surface area contributed by atoms with Crippen LogP contribution in [-0.2, 0) is 4.79 Å².